The number of anilines is 1. The lowest BCUT2D eigenvalue weighted by Crippen LogP contribution is -2.14. The van der Waals surface area contributed by atoms with Gasteiger partial charge < -0.3 is 10.7 Å². The van der Waals surface area contributed by atoms with Gasteiger partial charge in [-0.15, -0.1) is 0 Å². The number of nitrogens with zero attached hydrogens (tertiary/aromatic N) is 1. The third kappa shape index (κ3) is 3.38. The Morgan fingerprint density at radius 3 is 2.55 bits per heavy atom. The second-order valence-corrected chi connectivity index (χ2v) is 6.63. The van der Waals surface area contributed by atoms with E-state index in [4.69, 9.17) is 10.9 Å². The second kappa shape index (κ2) is 5.27. The van der Waals surface area contributed by atoms with Crippen LogP contribution in [0.3, 0.4) is 0 Å². The molecule has 106 valence electrons. The van der Waals surface area contributed by atoms with Crippen LogP contribution in [-0.4, -0.2) is 18.4 Å². The number of nitrogen functional groups attached to an aromatic ring is 1. The maximum absolute atomic E-state index is 11.3. The van der Waals surface area contributed by atoms with Gasteiger partial charge in [-0.1, -0.05) is 11.8 Å². The minimum Gasteiger partial charge on any atom is -0.398 e. The summed E-state index contributed by atoms with van der Waals surface area (Å²) in [5.74, 6) is 0. The molecule has 0 spiro atoms. The molecule has 0 aliphatic rings. The first-order valence-corrected chi connectivity index (χ1v) is 7.80. The molecular formula is C11H12N4O3S2. The summed E-state index contributed by atoms with van der Waals surface area (Å²) in [6.07, 6.45) is 0. The Bertz CT molecular complexity index is 815. The molecule has 5 N–H and O–H groups in total. The number of H-pyrrole nitrogens is 1. The smallest absolute Gasteiger partial charge is 0.251 e. The van der Waals surface area contributed by atoms with E-state index in [1.807, 2.05) is 0 Å². The highest BCUT2D eigenvalue weighted by Gasteiger charge is 2.13. The summed E-state index contributed by atoms with van der Waals surface area (Å²) < 4.78 is 22.5. The topological polar surface area (TPSA) is 132 Å². The standard InChI is InChI=1S/C11H12N4O3S2/c1-6-4-10(16)15-11(14-6)19-7-2-3-9(8(12)5-7)20(13,17)18/h2-5H,12H2,1H3,(H2,13,17,18)(H,14,15,16). The van der Waals surface area contributed by atoms with Crippen molar-refractivity contribution in [1.82, 2.24) is 9.97 Å². The van der Waals surface area contributed by atoms with Crippen molar-refractivity contribution in [1.29, 1.82) is 0 Å². The summed E-state index contributed by atoms with van der Waals surface area (Å²) in [6, 6.07) is 5.71. The van der Waals surface area contributed by atoms with Crippen LogP contribution < -0.4 is 16.4 Å². The Morgan fingerprint density at radius 2 is 2.00 bits per heavy atom. The lowest BCUT2D eigenvalue weighted by Gasteiger charge is -2.06. The Balaban J connectivity index is 2.36. The third-order valence-electron chi connectivity index (χ3n) is 2.35. The summed E-state index contributed by atoms with van der Waals surface area (Å²) in [6.45, 7) is 1.71. The van der Waals surface area contributed by atoms with E-state index in [0.29, 0.717) is 15.7 Å². The molecule has 7 nitrogen and oxygen atoms in total. The van der Waals surface area contributed by atoms with Crippen molar-refractivity contribution in [3.8, 4) is 0 Å². The number of benzene rings is 1. The third-order valence-corrected chi connectivity index (χ3v) is 4.21. The van der Waals surface area contributed by atoms with E-state index in [-0.39, 0.29) is 16.1 Å². The molecule has 0 amide bonds. The summed E-state index contributed by atoms with van der Waals surface area (Å²) in [7, 11) is -3.84. The predicted octanol–water partition coefficient (Wildman–Crippen LogP) is 0.459. The zero-order valence-electron chi connectivity index (χ0n) is 10.5. The van der Waals surface area contributed by atoms with E-state index in [0.717, 1.165) is 0 Å². The van der Waals surface area contributed by atoms with Crippen LogP contribution in [0.2, 0.25) is 0 Å². The van der Waals surface area contributed by atoms with Gasteiger partial charge in [0.2, 0.25) is 10.0 Å². The van der Waals surface area contributed by atoms with Crippen LogP contribution in [-0.2, 0) is 10.0 Å². The molecule has 0 aliphatic heterocycles. The Morgan fingerprint density at radius 1 is 1.30 bits per heavy atom. The van der Waals surface area contributed by atoms with Crippen molar-refractivity contribution in [2.75, 3.05) is 5.73 Å². The van der Waals surface area contributed by atoms with Crippen LogP contribution in [0.5, 0.6) is 0 Å². The van der Waals surface area contributed by atoms with Crippen molar-refractivity contribution in [2.45, 2.75) is 21.9 Å². The van der Waals surface area contributed by atoms with Gasteiger partial charge in [-0.25, -0.2) is 18.5 Å². The van der Waals surface area contributed by atoms with E-state index in [1.165, 1.54) is 30.0 Å². The van der Waals surface area contributed by atoms with E-state index in [2.05, 4.69) is 9.97 Å². The molecule has 2 rings (SSSR count). The summed E-state index contributed by atoms with van der Waals surface area (Å²) >= 11 is 1.17. The molecular weight excluding hydrogens is 300 g/mol. The maximum Gasteiger partial charge on any atom is 0.251 e. The Kier molecular flexibility index (Phi) is 3.84. The number of sulfonamides is 1. The van der Waals surface area contributed by atoms with Crippen molar-refractivity contribution >= 4 is 27.5 Å². The molecule has 0 fully saturated rings. The monoisotopic (exact) mass is 312 g/mol. The SMILES string of the molecule is Cc1cc(=O)[nH]c(Sc2ccc(S(N)(=O)=O)c(N)c2)n1. The molecule has 0 unspecified atom stereocenters. The normalized spacial score (nSPS) is 11.5. The first kappa shape index (κ1) is 14.6. The summed E-state index contributed by atoms with van der Waals surface area (Å²) in [4.78, 5) is 18.6. The molecule has 1 aromatic heterocycles. The lowest BCUT2D eigenvalue weighted by atomic mass is 10.3. The zero-order valence-corrected chi connectivity index (χ0v) is 12.1. The Labute approximate surface area is 119 Å². The predicted molar refractivity (Wildman–Crippen MR) is 75.9 cm³/mol. The Hall–Kier alpha value is -1.84. The van der Waals surface area contributed by atoms with Crippen LogP contribution in [0, 0.1) is 6.92 Å². The van der Waals surface area contributed by atoms with Crippen LogP contribution in [0.4, 0.5) is 5.69 Å². The van der Waals surface area contributed by atoms with Crippen molar-refractivity contribution in [3.63, 3.8) is 0 Å². The highest BCUT2D eigenvalue weighted by molar-refractivity contribution is 7.99. The highest BCUT2D eigenvalue weighted by atomic mass is 32.2. The maximum atomic E-state index is 11.3. The zero-order chi connectivity index (χ0) is 14.9. The van der Waals surface area contributed by atoms with Gasteiger partial charge in [0, 0.05) is 16.7 Å². The van der Waals surface area contributed by atoms with Crippen molar-refractivity contribution in [3.05, 3.63) is 40.3 Å². The molecule has 2 aromatic rings. The fourth-order valence-electron chi connectivity index (χ4n) is 1.56. The van der Waals surface area contributed by atoms with Gasteiger partial charge in [0.1, 0.15) is 4.90 Å². The van der Waals surface area contributed by atoms with Crippen LogP contribution in [0.15, 0.2) is 44.0 Å². The van der Waals surface area contributed by atoms with Crippen LogP contribution in [0.1, 0.15) is 5.69 Å². The van der Waals surface area contributed by atoms with Gasteiger partial charge in [0.25, 0.3) is 5.56 Å². The highest BCUT2D eigenvalue weighted by Crippen LogP contribution is 2.28. The van der Waals surface area contributed by atoms with Crippen LogP contribution in [0.25, 0.3) is 0 Å². The number of aromatic nitrogens is 2. The summed E-state index contributed by atoms with van der Waals surface area (Å²) in [5.41, 5.74) is 6.04. The largest absolute Gasteiger partial charge is 0.398 e. The molecule has 9 heteroatoms. The van der Waals surface area contributed by atoms with Crippen molar-refractivity contribution < 1.29 is 8.42 Å². The molecule has 0 atom stereocenters. The molecule has 1 heterocycles. The molecule has 0 saturated heterocycles. The van der Waals surface area contributed by atoms with E-state index >= 15 is 0 Å². The van der Waals surface area contributed by atoms with Crippen LogP contribution >= 0.6 is 11.8 Å². The van der Waals surface area contributed by atoms with Gasteiger partial charge in [0.05, 0.1) is 5.69 Å². The van der Waals surface area contributed by atoms with E-state index in [1.54, 1.807) is 13.0 Å². The first-order valence-electron chi connectivity index (χ1n) is 5.44. The molecule has 1 aromatic carbocycles. The fourth-order valence-corrected chi connectivity index (χ4v) is 3.09. The summed E-state index contributed by atoms with van der Waals surface area (Å²) in [5, 5.41) is 5.43. The van der Waals surface area contributed by atoms with Gasteiger partial charge in [0.15, 0.2) is 5.16 Å². The number of nitrogens with two attached hydrogens (primary N) is 2. The van der Waals surface area contributed by atoms with Crippen molar-refractivity contribution in [2.24, 2.45) is 5.14 Å². The number of hydrogen-bond acceptors (Lipinski definition) is 6. The van der Waals surface area contributed by atoms with Gasteiger partial charge >= 0.3 is 0 Å². The van der Waals surface area contributed by atoms with Gasteiger partial charge in [-0.05, 0) is 25.1 Å². The molecule has 0 bridgehead atoms. The number of aromatic amines is 1. The minimum absolute atomic E-state index is 0.0486. The number of hydrogen-bond donors (Lipinski definition) is 3. The molecule has 0 saturated carbocycles. The lowest BCUT2D eigenvalue weighted by molar-refractivity contribution is 0.598. The number of primary sulfonamides is 1. The van der Waals surface area contributed by atoms with Gasteiger partial charge in [-0.2, -0.15) is 0 Å². The second-order valence-electron chi connectivity index (χ2n) is 4.04. The van der Waals surface area contributed by atoms with E-state index in [9.17, 15) is 13.2 Å². The minimum atomic E-state index is -3.84. The average molecular weight is 312 g/mol. The first-order chi connectivity index (χ1) is 9.25. The molecule has 0 radical (unpaired) electrons. The number of rotatable bonds is 3. The fraction of sp³-hybridized carbons (Fsp3) is 0.0909. The van der Waals surface area contributed by atoms with Gasteiger partial charge in [-0.3, -0.25) is 4.79 Å². The number of aryl methyl sites for hydroxylation is 1. The number of nitrogens with one attached hydrogen (secondary N) is 1. The van der Waals surface area contributed by atoms with E-state index < -0.39 is 10.0 Å². The quantitative estimate of drug-likeness (QED) is 0.557. The molecule has 20 heavy (non-hydrogen) atoms. The molecule has 0 aliphatic carbocycles. The average Bonchev–Trinajstić information content (AvgIpc) is 2.25.